The van der Waals surface area contributed by atoms with Crippen LogP contribution in [0.3, 0.4) is 0 Å². The predicted molar refractivity (Wildman–Crippen MR) is 119 cm³/mol. The van der Waals surface area contributed by atoms with Crippen LogP contribution in [-0.2, 0) is 16.1 Å². The van der Waals surface area contributed by atoms with Crippen molar-refractivity contribution in [1.82, 2.24) is 14.9 Å². The Labute approximate surface area is 185 Å². The van der Waals surface area contributed by atoms with E-state index in [0.29, 0.717) is 43.9 Å². The van der Waals surface area contributed by atoms with Crippen LogP contribution in [0.15, 0.2) is 6.07 Å². The topological polar surface area (TPSA) is 87.7 Å². The smallest absolute Gasteiger partial charge is 0.258 e. The van der Waals surface area contributed by atoms with Crippen LogP contribution in [0.25, 0.3) is 10.6 Å². The Hall–Kier alpha value is -2.52. The van der Waals surface area contributed by atoms with Gasteiger partial charge in [-0.25, -0.2) is 9.97 Å². The molecule has 1 atom stereocenters. The molecule has 1 unspecified atom stereocenters. The van der Waals surface area contributed by atoms with Gasteiger partial charge in [-0.2, -0.15) is 0 Å². The van der Waals surface area contributed by atoms with Gasteiger partial charge >= 0.3 is 0 Å². The molecule has 0 aromatic carbocycles. The number of rotatable bonds is 5. The molecule has 9 heteroatoms. The van der Waals surface area contributed by atoms with Crippen LogP contribution in [-0.4, -0.2) is 59.0 Å². The Kier molecular flexibility index (Phi) is 5.18. The third kappa shape index (κ3) is 3.80. The second-order valence-electron chi connectivity index (χ2n) is 8.59. The Morgan fingerprint density at radius 2 is 2.03 bits per heavy atom. The number of anilines is 2. The molecule has 2 aliphatic heterocycles. The van der Waals surface area contributed by atoms with Gasteiger partial charge in [0.05, 0.1) is 35.0 Å². The number of pyridine rings is 1. The first kappa shape index (κ1) is 20.4. The first-order valence-corrected chi connectivity index (χ1v) is 11.7. The minimum atomic E-state index is -0.147. The largest absolute Gasteiger partial charge is 0.378 e. The molecular weight excluding hydrogens is 414 g/mol. The molecule has 2 amide bonds. The summed E-state index contributed by atoms with van der Waals surface area (Å²) in [4.78, 5) is 39.5. The summed E-state index contributed by atoms with van der Waals surface area (Å²) in [5.74, 6) is 1.31. The molecule has 1 saturated heterocycles. The number of aromatic nitrogens is 2. The minimum Gasteiger partial charge on any atom is -0.378 e. The van der Waals surface area contributed by atoms with Crippen LogP contribution >= 0.6 is 11.3 Å². The van der Waals surface area contributed by atoms with E-state index in [1.807, 2.05) is 17.9 Å². The number of carbonyl (C=O) groups is 2. The highest BCUT2D eigenvalue weighted by Gasteiger charge is 2.41. The highest BCUT2D eigenvalue weighted by Crippen LogP contribution is 2.42. The minimum absolute atomic E-state index is 0.0925. The molecule has 5 rings (SSSR count). The lowest BCUT2D eigenvalue weighted by molar-refractivity contribution is -0.114. The first-order chi connectivity index (χ1) is 14.9. The van der Waals surface area contributed by atoms with E-state index in [0.717, 1.165) is 33.2 Å². The number of nitrogens with zero attached hydrogens (tertiary/aromatic N) is 4. The van der Waals surface area contributed by atoms with E-state index in [-0.39, 0.29) is 17.9 Å². The van der Waals surface area contributed by atoms with Crippen molar-refractivity contribution in [3.63, 3.8) is 0 Å². The van der Waals surface area contributed by atoms with E-state index in [1.54, 1.807) is 0 Å². The SMILES string of the molecule is CC(=O)Nc1nc(C)c(-c2cc3c(c(N4CCOCC4)n2)C(=O)N(C(C)C2CC2)C3)s1. The molecule has 1 aliphatic carbocycles. The van der Waals surface area contributed by atoms with Crippen LogP contribution in [0.1, 0.15) is 48.3 Å². The molecule has 164 valence electrons. The van der Waals surface area contributed by atoms with Crippen molar-refractivity contribution in [2.45, 2.75) is 46.2 Å². The average molecular weight is 442 g/mol. The van der Waals surface area contributed by atoms with Crippen LogP contribution in [0.2, 0.25) is 0 Å². The van der Waals surface area contributed by atoms with Gasteiger partial charge in [0.2, 0.25) is 5.91 Å². The average Bonchev–Trinajstić information content (AvgIpc) is 3.46. The number of morpholine rings is 1. The Bertz CT molecular complexity index is 1040. The molecule has 1 N–H and O–H groups in total. The van der Waals surface area contributed by atoms with Crippen molar-refractivity contribution in [3.05, 3.63) is 22.9 Å². The van der Waals surface area contributed by atoms with Crippen molar-refractivity contribution >= 4 is 34.1 Å². The molecule has 0 bridgehead atoms. The van der Waals surface area contributed by atoms with Gasteiger partial charge in [-0.1, -0.05) is 11.3 Å². The third-order valence-electron chi connectivity index (χ3n) is 6.32. The Balaban J connectivity index is 1.57. The number of carbonyl (C=O) groups excluding carboxylic acids is 2. The molecule has 1 saturated carbocycles. The summed E-state index contributed by atoms with van der Waals surface area (Å²) in [5.41, 5.74) is 3.39. The van der Waals surface area contributed by atoms with Crippen LogP contribution < -0.4 is 10.2 Å². The quantitative estimate of drug-likeness (QED) is 0.767. The molecule has 3 aliphatic rings. The van der Waals surface area contributed by atoms with E-state index >= 15 is 0 Å². The number of aryl methyl sites for hydroxylation is 1. The van der Waals surface area contributed by atoms with E-state index in [9.17, 15) is 9.59 Å². The van der Waals surface area contributed by atoms with E-state index in [1.165, 1.54) is 31.1 Å². The normalized spacial score (nSPS) is 19.5. The van der Waals surface area contributed by atoms with Crippen LogP contribution in [0.5, 0.6) is 0 Å². The maximum Gasteiger partial charge on any atom is 0.258 e. The van der Waals surface area contributed by atoms with Crippen molar-refractivity contribution in [2.24, 2.45) is 5.92 Å². The lowest BCUT2D eigenvalue weighted by Gasteiger charge is -2.29. The van der Waals surface area contributed by atoms with Crippen molar-refractivity contribution in [1.29, 1.82) is 0 Å². The highest BCUT2D eigenvalue weighted by molar-refractivity contribution is 7.19. The van der Waals surface area contributed by atoms with E-state index in [4.69, 9.17) is 9.72 Å². The molecule has 2 fully saturated rings. The number of thiazole rings is 1. The predicted octanol–water partition coefficient (Wildman–Crippen LogP) is 3.06. The number of fused-ring (bicyclic) bond motifs is 1. The van der Waals surface area contributed by atoms with Gasteiger partial charge in [-0.15, -0.1) is 0 Å². The molecule has 2 aromatic rings. The third-order valence-corrected chi connectivity index (χ3v) is 7.41. The first-order valence-electron chi connectivity index (χ1n) is 10.9. The highest BCUT2D eigenvalue weighted by atomic mass is 32.1. The number of nitrogens with one attached hydrogen (secondary N) is 1. The fraction of sp³-hybridized carbons (Fsp3) is 0.545. The zero-order valence-electron chi connectivity index (χ0n) is 18.1. The Morgan fingerprint density at radius 1 is 1.29 bits per heavy atom. The fourth-order valence-electron chi connectivity index (χ4n) is 4.46. The maximum absolute atomic E-state index is 13.4. The van der Waals surface area contributed by atoms with Gasteiger partial charge in [-0.3, -0.25) is 9.59 Å². The second kappa shape index (κ2) is 7.87. The summed E-state index contributed by atoms with van der Waals surface area (Å²) in [5, 5.41) is 3.33. The lowest BCUT2D eigenvalue weighted by atomic mass is 10.1. The zero-order chi connectivity index (χ0) is 21.7. The maximum atomic E-state index is 13.4. The number of hydrogen-bond acceptors (Lipinski definition) is 7. The van der Waals surface area contributed by atoms with Gasteiger partial charge < -0.3 is 19.9 Å². The van der Waals surface area contributed by atoms with Crippen molar-refractivity contribution < 1.29 is 14.3 Å². The van der Waals surface area contributed by atoms with Gasteiger partial charge in [0.15, 0.2) is 5.13 Å². The van der Waals surface area contributed by atoms with Crippen molar-refractivity contribution in [2.75, 3.05) is 36.5 Å². The summed E-state index contributed by atoms with van der Waals surface area (Å²) >= 11 is 1.42. The fourth-order valence-corrected chi connectivity index (χ4v) is 5.43. The van der Waals surface area contributed by atoms with Crippen molar-refractivity contribution in [3.8, 4) is 10.6 Å². The molecule has 2 aromatic heterocycles. The number of hydrogen-bond donors (Lipinski definition) is 1. The van der Waals surface area contributed by atoms with Gasteiger partial charge in [0, 0.05) is 32.6 Å². The second-order valence-corrected chi connectivity index (χ2v) is 9.59. The summed E-state index contributed by atoms with van der Waals surface area (Å²) in [6, 6.07) is 2.28. The molecule has 0 spiro atoms. The molecule has 0 radical (unpaired) electrons. The monoisotopic (exact) mass is 441 g/mol. The van der Waals surface area contributed by atoms with Gasteiger partial charge in [0.1, 0.15) is 5.82 Å². The number of amides is 2. The zero-order valence-corrected chi connectivity index (χ0v) is 18.9. The molecule has 4 heterocycles. The summed E-state index contributed by atoms with van der Waals surface area (Å²) in [7, 11) is 0. The van der Waals surface area contributed by atoms with E-state index < -0.39 is 0 Å². The summed E-state index contributed by atoms with van der Waals surface area (Å²) < 4.78 is 5.53. The number of ether oxygens (including phenoxy) is 1. The summed E-state index contributed by atoms with van der Waals surface area (Å²) in [6.45, 7) is 8.87. The summed E-state index contributed by atoms with van der Waals surface area (Å²) in [6.07, 6.45) is 2.40. The van der Waals surface area contributed by atoms with Gasteiger partial charge in [0.25, 0.3) is 5.91 Å². The standard InChI is InChI=1S/C22H27N5O3S/c1-12-19(31-22(23-12)24-14(3)28)17-10-16-11-27(13(2)15-4-5-15)21(29)18(16)20(25-17)26-6-8-30-9-7-26/h10,13,15H,4-9,11H2,1-3H3,(H,23,24,28). The molecular formula is C22H27N5O3S. The van der Waals surface area contributed by atoms with E-state index in [2.05, 4.69) is 22.1 Å². The molecule has 31 heavy (non-hydrogen) atoms. The Morgan fingerprint density at radius 3 is 2.71 bits per heavy atom. The lowest BCUT2D eigenvalue weighted by Crippen LogP contribution is -2.39. The molecule has 8 nitrogen and oxygen atoms in total. The van der Waals surface area contributed by atoms with Crippen LogP contribution in [0, 0.1) is 12.8 Å². The van der Waals surface area contributed by atoms with Crippen LogP contribution in [0.4, 0.5) is 10.9 Å². The van der Waals surface area contributed by atoms with Gasteiger partial charge in [-0.05, 0) is 44.2 Å².